The molecule has 3 aromatic rings. The van der Waals surface area contributed by atoms with Crippen molar-refractivity contribution in [1.82, 2.24) is 9.55 Å². The molecule has 1 saturated heterocycles. The second-order valence-corrected chi connectivity index (χ2v) is 8.50. The molecule has 1 aromatic carbocycles. The van der Waals surface area contributed by atoms with Crippen LogP contribution in [0.4, 0.5) is 5.95 Å². The molecule has 6 nitrogen and oxygen atoms in total. The van der Waals surface area contributed by atoms with Gasteiger partial charge in [0.2, 0.25) is 5.95 Å². The molecule has 0 bridgehead atoms. The van der Waals surface area contributed by atoms with Gasteiger partial charge in [-0.15, -0.1) is 11.3 Å². The van der Waals surface area contributed by atoms with E-state index in [-0.39, 0.29) is 11.5 Å². The van der Waals surface area contributed by atoms with Gasteiger partial charge in [-0.3, -0.25) is 14.2 Å². The fourth-order valence-corrected chi connectivity index (χ4v) is 4.69. The van der Waals surface area contributed by atoms with Gasteiger partial charge >= 0.3 is 5.97 Å². The van der Waals surface area contributed by atoms with Crippen LogP contribution in [0.5, 0.6) is 0 Å². The summed E-state index contributed by atoms with van der Waals surface area (Å²) in [6, 6.07) is 9.73. The van der Waals surface area contributed by atoms with Gasteiger partial charge in [0.05, 0.1) is 18.0 Å². The minimum absolute atomic E-state index is 0.0506. The predicted octanol–water partition coefficient (Wildman–Crippen LogP) is 3.57. The van der Waals surface area contributed by atoms with Crippen LogP contribution in [0, 0.1) is 5.92 Å². The lowest BCUT2D eigenvalue weighted by atomic mass is 9.97. The maximum atomic E-state index is 13.1. The van der Waals surface area contributed by atoms with Gasteiger partial charge in [0.25, 0.3) is 5.56 Å². The van der Waals surface area contributed by atoms with Crippen LogP contribution in [0.2, 0.25) is 0 Å². The summed E-state index contributed by atoms with van der Waals surface area (Å²) in [4.78, 5) is 31.1. The number of hydrogen-bond donors (Lipinski definition) is 1. The molecule has 1 N–H and O–H groups in total. The molecule has 1 fully saturated rings. The number of piperidine rings is 1. The molecule has 2 aromatic heterocycles. The summed E-state index contributed by atoms with van der Waals surface area (Å²) in [5.74, 6) is -0.450. The maximum Gasteiger partial charge on any atom is 0.306 e. The fourth-order valence-electron chi connectivity index (χ4n) is 3.46. The molecule has 1 aliphatic heterocycles. The van der Waals surface area contributed by atoms with Crippen LogP contribution in [0.15, 0.2) is 45.0 Å². The molecular formula is C19H18BrN3O3S. The third-order valence-corrected chi connectivity index (χ3v) is 6.29. The van der Waals surface area contributed by atoms with E-state index in [9.17, 15) is 14.7 Å². The molecule has 27 heavy (non-hydrogen) atoms. The smallest absolute Gasteiger partial charge is 0.306 e. The van der Waals surface area contributed by atoms with Crippen LogP contribution in [-0.2, 0) is 11.3 Å². The Bertz CT molecular complexity index is 1050. The normalized spacial score (nSPS) is 15.4. The predicted molar refractivity (Wildman–Crippen MR) is 110 cm³/mol. The molecule has 0 amide bonds. The standard InChI is InChI=1S/C19H18BrN3O3S/c20-14-3-1-2-12(10-14)11-23-17(24)16-15(6-9-27-16)21-19(23)22-7-4-13(5-8-22)18(25)26/h1-3,6,9-10,13H,4-5,7-8,11H2,(H,25,26). The van der Waals surface area contributed by atoms with Crippen molar-refractivity contribution in [3.8, 4) is 0 Å². The van der Waals surface area contributed by atoms with Gasteiger partial charge in [0.15, 0.2) is 0 Å². The van der Waals surface area contributed by atoms with E-state index in [0.29, 0.717) is 48.6 Å². The highest BCUT2D eigenvalue weighted by molar-refractivity contribution is 9.10. The van der Waals surface area contributed by atoms with E-state index in [4.69, 9.17) is 4.98 Å². The summed E-state index contributed by atoms with van der Waals surface area (Å²) in [5.41, 5.74) is 1.65. The van der Waals surface area contributed by atoms with Crippen LogP contribution in [0.25, 0.3) is 10.2 Å². The van der Waals surface area contributed by atoms with Crippen LogP contribution in [0.1, 0.15) is 18.4 Å². The number of carbonyl (C=O) groups is 1. The number of aromatic nitrogens is 2. The first-order chi connectivity index (χ1) is 13.0. The maximum absolute atomic E-state index is 13.1. The van der Waals surface area contributed by atoms with E-state index in [1.165, 1.54) is 11.3 Å². The number of rotatable bonds is 4. The lowest BCUT2D eigenvalue weighted by molar-refractivity contribution is -0.142. The van der Waals surface area contributed by atoms with Crippen molar-refractivity contribution < 1.29 is 9.90 Å². The van der Waals surface area contributed by atoms with Crippen molar-refractivity contribution in [2.24, 2.45) is 5.92 Å². The second kappa shape index (κ2) is 7.44. The van der Waals surface area contributed by atoms with Crippen molar-refractivity contribution in [2.45, 2.75) is 19.4 Å². The number of thiophene rings is 1. The average Bonchev–Trinajstić information content (AvgIpc) is 3.13. The Morgan fingerprint density at radius 2 is 2.07 bits per heavy atom. The lowest BCUT2D eigenvalue weighted by Gasteiger charge is -2.32. The Hall–Kier alpha value is -2.19. The summed E-state index contributed by atoms with van der Waals surface area (Å²) < 4.78 is 3.32. The summed E-state index contributed by atoms with van der Waals surface area (Å²) in [5, 5.41) is 11.1. The molecule has 140 valence electrons. The summed E-state index contributed by atoms with van der Waals surface area (Å²) in [6.07, 6.45) is 1.12. The van der Waals surface area contributed by atoms with E-state index in [1.807, 2.05) is 40.6 Å². The van der Waals surface area contributed by atoms with Crippen LogP contribution in [0.3, 0.4) is 0 Å². The third-order valence-electron chi connectivity index (χ3n) is 4.90. The van der Waals surface area contributed by atoms with Crippen molar-refractivity contribution in [3.05, 3.63) is 56.1 Å². The molecule has 0 unspecified atom stereocenters. The SMILES string of the molecule is O=C(O)C1CCN(c2nc3ccsc3c(=O)n2Cc2cccc(Br)c2)CC1. The van der Waals surface area contributed by atoms with Crippen LogP contribution < -0.4 is 10.5 Å². The summed E-state index contributed by atoms with van der Waals surface area (Å²) in [6.45, 7) is 1.59. The Morgan fingerprint density at radius 1 is 1.30 bits per heavy atom. The van der Waals surface area contributed by atoms with Crippen molar-refractivity contribution in [1.29, 1.82) is 0 Å². The molecule has 0 spiro atoms. The number of aliphatic carboxylic acids is 1. The van der Waals surface area contributed by atoms with E-state index < -0.39 is 5.97 Å². The van der Waals surface area contributed by atoms with E-state index in [0.717, 1.165) is 10.0 Å². The monoisotopic (exact) mass is 447 g/mol. The van der Waals surface area contributed by atoms with Crippen LogP contribution >= 0.6 is 27.3 Å². The van der Waals surface area contributed by atoms with Gasteiger partial charge in [-0.05, 0) is 42.0 Å². The molecule has 0 atom stereocenters. The second-order valence-electron chi connectivity index (χ2n) is 6.67. The minimum Gasteiger partial charge on any atom is -0.481 e. The van der Waals surface area contributed by atoms with Gasteiger partial charge in [0, 0.05) is 17.6 Å². The zero-order valence-corrected chi connectivity index (χ0v) is 16.9. The van der Waals surface area contributed by atoms with Crippen molar-refractivity contribution in [3.63, 3.8) is 0 Å². The number of halogens is 1. The van der Waals surface area contributed by atoms with Gasteiger partial charge in [0.1, 0.15) is 4.70 Å². The number of hydrogen-bond acceptors (Lipinski definition) is 5. The largest absolute Gasteiger partial charge is 0.481 e. The quantitative estimate of drug-likeness (QED) is 0.661. The first kappa shape index (κ1) is 18.2. The molecule has 4 rings (SSSR count). The van der Waals surface area contributed by atoms with Gasteiger partial charge in [-0.2, -0.15) is 0 Å². The van der Waals surface area contributed by atoms with Crippen molar-refractivity contribution >= 4 is 49.4 Å². The van der Waals surface area contributed by atoms with E-state index >= 15 is 0 Å². The molecule has 0 aliphatic carbocycles. The molecule has 1 aliphatic rings. The summed E-state index contributed by atoms with van der Waals surface area (Å²) >= 11 is 4.88. The Balaban J connectivity index is 1.75. The Labute approximate surface area is 168 Å². The molecule has 8 heteroatoms. The number of fused-ring (bicyclic) bond motifs is 1. The van der Waals surface area contributed by atoms with Crippen molar-refractivity contribution in [2.75, 3.05) is 18.0 Å². The highest BCUT2D eigenvalue weighted by atomic mass is 79.9. The number of carboxylic acid groups (broad SMARTS) is 1. The number of nitrogens with zero attached hydrogens (tertiary/aromatic N) is 3. The lowest BCUT2D eigenvalue weighted by Crippen LogP contribution is -2.40. The number of carboxylic acids is 1. The Kier molecular flexibility index (Phi) is 5.01. The molecule has 0 radical (unpaired) electrons. The zero-order valence-electron chi connectivity index (χ0n) is 14.5. The number of benzene rings is 1. The first-order valence-corrected chi connectivity index (χ1v) is 10.4. The average molecular weight is 448 g/mol. The van der Waals surface area contributed by atoms with E-state index in [2.05, 4.69) is 15.9 Å². The summed E-state index contributed by atoms with van der Waals surface area (Å²) in [7, 11) is 0. The minimum atomic E-state index is -0.748. The molecule has 0 saturated carbocycles. The first-order valence-electron chi connectivity index (χ1n) is 8.73. The fraction of sp³-hybridized carbons (Fsp3) is 0.316. The van der Waals surface area contributed by atoms with Crippen LogP contribution in [-0.4, -0.2) is 33.7 Å². The van der Waals surface area contributed by atoms with E-state index in [1.54, 1.807) is 4.57 Å². The topological polar surface area (TPSA) is 75.4 Å². The number of anilines is 1. The molecule has 3 heterocycles. The van der Waals surface area contributed by atoms with Gasteiger partial charge in [-0.1, -0.05) is 28.1 Å². The van der Waals surface area contributed by atoms with Gasteiger partial charge in [-0.25, -0.2) is 4.98 Å². The highest BCUT2D eigenvalue weighted by Gasteiger charge is 2.27. The third kappa shape index (κ3) is 3.64. The zero-order chi connectivity index (χ0) is 19.0. The highest BCUT2D eigenvalue weighted by Crippen LogP contribution is 2.25. The molecular weight excluding hydrogens is 430 g/mol. The Morgan fingerprint density at radius 3 is 2.78 bits per heavy atom. The van der Waals surface area contributed by atoms with Gasteiger partial charge < -0.3 is 10.0 Å².